The number of aromatic amines is 1. The monoisotopic (exact) mass is 192 g/mol. The van der Waals surface area contributed by atoms with Crippen LogP contribution in [-0.4, -0.2) is 9.97 Å². The standard InChI is InChI=1S/C12H20N2/c1-6-7-12(4,5)11-13-8-10(14-11)9(2)3/h6-9H,1-5H3,(H,13,14)/b7-6-. The second-order valence-electron chi connectivity index (χ2n) is 4.55. The number of nitrogens with one attached hydrogen (secondary N) is 1. The van der Waals surface area contributed by atoms with Crippen molar-refractivity contribution in [2.45, 2.75) is 46.0 Å². The number of nitrogens with zero attached hydrogens (tertiary/aromatic N) is 1. The lowest BCUT2D eigenvalue weighted by atomic mass is 9.92. The van der Waals surface area contributed by atoms with E-state index < -0.39 is 0 Å². The first kappa shape index (κ1) is 11.0. The van der Waals surface area contributed by atoms with Gasteiger partial charge in [0.2, 0.25) is 0 Å². The van der Waals surface area contributed by atoms with Gasteiger partial charge in [-0.05, 0) is 26.7 Å². The smallest absolute Gasteiger partial charge is 0.115 e. The maximum atomic E-state index is 4.59. The van der Waals surface area contributed by atoms with Crippen LogP contribution in [0, 0.1) is 0 Å². The molecule has 0 unspecified atom stereocenters. The topological polar surface area (TPSA) is 28.7 Å². The number of rotatable bonds is 3. The Morgan fingerprint density at radius 3 is 2.50 bits per heavy atom. The number of H-pyrrole nitrogens is 1. The Morgan fingerprint density at radius 1 is 1.43 bits per heavy atom. The molecule has 0 aromatic carbocycles. The molecule has 0 saturated heterocycles. The Hall–Kier alpha value is -1.05. The molecule has 2 heteroatoms. The molecule has 0 spiro atoms. The van der Waals surface area contributed by atoms with E-state index in [1.165, 1.54) is 0 Å². The summed E-state index contributed by atoms with van der Waals surface area (Å²) in [5.41, 5.74) is 1.14. The van der Waals surface area contributed by atoms with Gasteiger partial charge in [-0.25, -0.2) is 4.98 Å². The lowest BCUT2D eigenvalue weighted by Crippen LogP contribution is -2.15. The van der Waals surface area contributed by atoms with Crippen LogP contribution in [0.15, 0.2) is 18.3 Å². The van der Waals surface area contributed by atoms with E-state index in [0.717, 1.165) is 11.5 Å². The zero-order valence-corrected chi connectivity index (χ0v) is 9.76. The summed E-state index contributed by atoms with van der Waals surface area (Å²) >= 11 is 0. The van der Waals surface area contributed by atoms with Gasteiger partial charge in [-0.15, -0.1) is 0 Å². The second-order valence-corrected chi connectivity index (χ2v) is 4.55. The quantitative estimate of drug-likeness (QED) is 0.731. The summed E-state index contributed by atoms with van der Waals surface area (Å²) in [6, 6.07) is 0. The van der Waals surface area contributed by atoms with Crippen molar-refractivity contribution in [3.05, 3.63) is 29.9 Å². The van der Waals surface area contributed by atoms with Crippen LogP contribution in [0.5, 0.6) is 0 Å². The molecule has 1 aromatic rings. The van der Waals surface area contributed by atoms with Crippen molar-refractivity contribution in [1.29, 1.82) is 0 Å². The summed E-state index contributed by atoms with van der Waals surface area (Å²) in [4.78, 5) is 7.84. The van der Waals surface area contributed by atoms with Crippen molar-refractivity contribution in [2.75, 3.05) is 0 Å². The fourth-order valence-electron chi connectivity index (χ4n) is 1.46. The molecule has 0 saturated carbocycles. The molecule has 1 N–H and O–H groups in total. The van der Waals surface area contributed by atoms with Crippen LogP contribution in [0.25, 0.3) is 0 Å². The summed E-state index contributed by atoms with van der Waals surface area (Å²) in [5, 5.41) is 0. The Labute approximate surface area is 86.5 Å². The predicted molar refractivity (Wildman–Crippen MR) is 60.5 cm³/mol. The minimum absolute atomic E-state index is 0.00188. The van der Waals surface area contributed by atoms with Gasteiger partial charge in [-0.3, -0.25) is 0 Å². The summed E-state index contributed by atoms with van der Waals surface area (Å²) in [6.07, 6.45) is 6.23. The Balaban J connectivity index is 2.96. The van der Waals surface area contributed by atoms with E-state index in [9.17, 15) is 0 Å². The van der Waals surface area contributed by atoms with Gasteiger partial charge < -0.3 is 4.98 Å². The van der Waals surface area contributed by atoms with Crippen molar-refractivity contribution in [3.8, 4) is 0 Å². The van der Waals surface area contributed by atoms with Gasteiger partial charge in [0.1, 0.15) is 5.82 Å². The van der Waals surface area contributed by atoms with Crippen LogP contribution >= 0.6 is 0 Å². The molecule has 0 aliphatic carbocycles. The summed E-state index contributed by atoms with van der Waals surface area (Å²) in [7, 11) is 0. The van der Waals surface area contributed by atoms with E-state index in [2.05, 4.69) is 49.8 Å². The van der Waals surface area contributed by atoms with E-state index in [1.807, 2.05) is 13.1 Å². The van der Waals surface area contributed by atoms with Crippen LogP contribution in [0.1, 0.15) is 52.1 Å². The molecule has 78 valence electrons. The SMILES string of the molecule is C/C=C\C(C)(C)c1nc(C(C)C)c[nH]1. The molecular formula is C12H20N2. The molecule has 0 aliphatic heterocycles. The number of hydrogen-bond acceptors (Lipinski definition) is 1. The first-order chi connectivity index (χ1) is 6.47. The van der Waals surface area contributed by atoms with Gasteiger partial charge in [0.25, 0.3) is 0 Å². The first-order valence-electron chi connectivity index (χ1n) is 5.17. The normalized spacial score (nSPS) is 13.0. The lowest BCUT2D eigenvalue weighted by molar-refractivity contribution is 0.619. The van der Waals surface area contributed by atoms with Gasteiger partial charge in [-0.2, -0.15) is 0 Å². The molecule has 14 heavy (non-hydrogen) atoms. The molecule has 2 nitrogen and oxygen atoms in total. The predicted octanol–water partition coefficient (Wildman–Crippen LogP) is 3.39. The highest BCUT2D eigenvalue weighted by Gasteiger charge is 2.20. The van der Waals surface area contributed by atoms with E-state index in [4.69, 9.17) is 0 Å². The highest BCUT2D eigenvalue weighted by atomic mass is 14.9. The van der Waals surface area contributed by atoms with E-state index in [-0.39, 0.29) is 5.41 Å². The molecule has 0 amide bonds. The van der Waals surface area contributed by atoms with E-state index in [0.29, 0.717) is 5.92 Å². The van der Waals surface area contributed by atoms with Crippen LogP contribution in [-0.2, 0) is 5.41 Å². The van der Waals surface area contributed by atoms with E-state index >= 15 is 0 Å². The van der Waals surface area contributed by atoms with Crippen molar-refractivity contribution in [2.24, 2.45) is 0 Å². The molecule has 0 atom stereocenters. The van der Waals surface area contributed by atoms with Crippen LogP contribution < -0.4 is 0 Å². The number of aromatic nitrogens is 2. The molecule has 0 fully saturated rings. The second kappa shape index (κ2) is 3.99. The van der Waals surface area contributed by atoms with Gasteiger partial charge in [0.15, 0.2) is 0 Å². The molecule has 1 heterocycles. The lowest BCUT2D eigenvalue weighted by Gasteiger charge is -2.16. The summed E-state index contributed by atoms with van der Waals surface area (Å²) in [5.74, 6) is 1.53. The van der Waals surface area contributed by atoms with Crippen LogP contribution in [0.4, 0.5) is 0 Å². The molecule has 0 aliphatic rings. The van der Waals surface area contributed by atoms with Crippen molar-refractivity contribution < 1.29 is 0 Å². The van der Waals surface area contributed by atoms with Crippen LogP contribution in [0.2, 0.25) is 0 Å². The third-order valence-corrected chi connectivity index (χ3v) is 2.38. The van der Waals surface area contributed by atoms with Crippen molar-refractivity contribution in [3.63, 3.8) is 0 Å². The molecule has 0 radical (unpaired) electrons. The van der Waals surface area contributed by atoms with E-state index in [1.54, 1.807) is 0 Å². The van der Waals surface area contributed by atoms with Crippen molar-refractivity contribution in [1.82, 2.24) is 9.97 Å². The number of allylic oxidation sites excluding steroid dienone is 2. The van der Waals surface area contributed by atoms with Crippen molar-refractivity contribution >= 4 is 0 Å². The third kappa shape index (κ3) is 2.25. The fourth-order valence-corrected chi connectivity index (χ4v) is 1.46. The fraction of sp³-hybridized carbons (Fsp3) is 0.583. The molecule has 1 rings (SSSR count). The Morgan fingerprint density at radius 2 is 2.07 bits per heavy atom. The maximum Gasteiger partial charge on any atom is 0.115 e. The molecule has 0 bridgehead atoms. The Bertz CT molecular complexity index is 319. The molecule has 1 aromatic heterocycles. The van der Waals surface area contributed by atoms with Gasteiger partial charge >= 0.3 is 0 Å². The average molecular weight is 192 g/mol. The van der Waals surface area contributed by atoms with Crippen LogP contribution in [0.3, 0.4) is 0 Å². The summed E-state index contributed by atoms with van der Waals surface area (Å²) in [6.45, 7) is 10.7. The largest absolute Gasteiger partial charge is 0.348 e. The Kier molecular flexibility index (Phi) is 3.14. The number of imidazole rings is 1. The third-order valence-electron chi connectivity index (χ3n) is 2.38. The minimum atomic E-state index is 0.00188. The van der Waals surface area contributed by atoms with Gasteiger partial charge in [-0.1, -0.05) is 26.0 Å². The zero-order chi connectivity index (χ0) is 10.8. The number of hydrogen-bond donors (Lipinski definition) is 1. The highest BCUT2D eigenvalue weighted by molar-refractivity contribution is 5.18. The highest BCUT2D eigenvalue weighted by Crippen LogP contribution is 2.23. The van der Waals surface area contributed by atoms with Gasteiger partial charge in [0, 0.05) is 11.6 Å². The summed E-state index contributed by atoms with van der Waals surface area (Å²) < 4.78 is 0. The minimum Gasteiger partial charge on any atom is -0.348 e. The first-order valence-corrected chi connectivity index (χ1v) is 5.17. The average Bonchev–Trinajstić information content (AvgIpc) is 2.51. The maximum absolute atomic E-state index is 4.59. The molecular weight excluding hydrogens is 172 g/mol. The zero-order valence-electron chi connectivity index (χ0n) is 9.76. The van der Waals surface area contributed by atoms with Gasteiger partial charge in [0.05, 0.1) is 5.69 Å².